The highest BCUT2D eigenvalue weighted by Gasteiger charge is 2.26. The first kappa shape index (κ1) is 19.1. The molecular formula is C19H25ClN2O4. The number of carbonyl (C=O) groups excluding carboxylic acids is 2. The van der Waals surface area contributed by atoms with Crippen LogP contribution in [0.1, 0.15) is 42.5 Å². The molecule has 2 aliphatic rings. The molecule has 26 heavy (non-hydrogen) atoms. The van der Waals surface area contributed by atoms with Gasteiger partial charge in [0, 0.05) is 37.7 Å². The van der Waals surface area contributed by atoms with Crippen molar-refractivity contribution >= 4 is 29.1 Å². The van der Waals surface area contributed by atoms with Crippen LogP contribution in [-0.4, -0.2) is 50.8 Å². The van der Waals surface area contributed by atoms with Crippen molar-refractivity contribution in [2.45, 2.75) is 38.2 Å². The van der Waals surface area contributed by atoms with Crippen LogP contribution in [-0.2, 0) is 14.3 Å². The highest BCUT2D eigenvalue weighted by atomic mass is 35.5. The van der Waals surface area contributed by atoms with E-state index in [9.17, 15) is 9.59 Å². The van der Waals surface area contributed by atoms with Crippen LogP contribution in [0.15, 0.2) is 18.2 Å². The van der Waals surface area contributed by atoms with Crippen molar-refractivity contribution in [2.24, 2.45) is 0 Å². The Balaban J connectivity index is 1.47. The van der Waals surface area contributed by atoms with Crippen molar-refractivity contribution in [1.29, 1.82) is 0 Å². The molecule has 2 fully saturated rings. The molecule has 1 aromatic carbocycles. The van der Waals surface area contributed by atoms with Crippen LogP contribution in [0.5, 0.6) is 0 Å². The summed E-state index contributed by atoms with van der Waals surface area (Å²) in [6.45, 7) is 3.16. The molecule has 0 saturated carbocycles. The zero-order valence-electron chi connectivity index (χ0n) is 14.8. The Labute approximate surface area is 158 Å². The third kappa shape index (κ3) is 4.96. The highest BCUT2D eigenvalue weighted by Crippen LogP contribution is 2.28. The number of hydrogen-bond donors (Lipinski definition) is 1. The van der Waals surface area contributed by atoms with Gasteiger partial charge in [-0.25, -0.2) is 0 Å². The number of nitrogens with zero attached hydrogens (tertiary/aromatic N) is 1. The summed E-state index contributed by atoms with van der Waals surface area (Å²) < 4.78 is 11.1. The van der Waals surface area contributed by atoms with E-state index in [1.165, 1.54) is 0 Å². The van der Waals surface area contributed by atoms with Crippen LogP contribution in [0.3, 0.4) is 0 Å². The van der Waals surface area contributed by atoms with Gasteiger partial charge in [0.1, 0.15) is 0 Å². The second-order valence-corrected chi connectivity index (χ2v) is 7.07. The number of anilines is 1. The third-order valence-electron chi connectivity index (χ3n) is 4.65. The molecular weight excluding hydrogens is 356 g/mol. The number of carbonyl (C=O) groups is 2. The first-order valence-electron chi connectivity index (χ1n) is 9.22. The van der Waals surface area contributed by atoms with Crippen molar-refractivity contribution in [2.75, 3.05) is 37.8 Å². The third-order valence-corrected chi connectivity index (χ3v) is 4.88. The van der Waals surface area contributed by atoms with Gasteiger partial charge in [0.05, 0.1) is 24.0 Å². The summed E-state index contributed by atoms with van der Waals surface area (Å²) in [6.07, 6.45) is 4.42. The van der Waals surface area contributed by atoms with Crippen molar-refractivity contribution < 1.29 is 19.1 Å². The first-order valence-corrected chi connectivity index (χ1v) is 9.60. The largest absolute Gasteiger partial charge is 0.379 e. The predicted octanol–water partition coefficient (Wildman–Crippen LogP) is 2.78. The van der Waals surface area contributed by atoms with Gasteiger partial charge in [-0.1, -0.05) is 11.6 Å². The lowest BCUT2D eigenvalue weighted by Gasteiger charge is -2.19. The van der Waals surface area contributed by atoms with E-state index in [0.717, 1.165) is 32.3 Å². The first-order chi connectivity index (χ1) is 12.6. The number of benzene rings is 1. The lowest BCUT2D eigenvalue weighted by molar-refractivity contribution is -0.117. The molecule has 0 bridgehead atoms. The lowest BCUT2D eigenvalue weighted by Crippen LogP contribution is -2.30. The summed E-state index contributed by atoms with van der Waals surface area (Å²) in [7, 11) is 0. The van der Waals surface area contributed by atoms with Crippen molar-refractivity contribution in [3.05, 3.63) is 28.8 Å². The van der Waals surface area contributed by atoms with Gasteiger partial charge in [0.2, 0.25) is 5.91 Å². The Morgan fingerprint density at radius 1 is 1.38 bits per heavy atom. The number of ether oxygens (including phenoxy) is 2. The van der Waals surface area contributed by atoms with Crippen LogP contribution in [0.2, 0.25) is 5.02 Å². The highest BCUT2D eigenvalue weighted by molar-refractivity contribution is 6.31. The standard InChI is InChI=1S/C19H25ClN2O4/c20-14-6-7-16(17(12-14)22-9-1-5-18(22)23)19(24)21-8-3-10-25-13-15-4-2-11-26-15/h6-7,12,15H,1-5,8-11,13H2,(H,21,24). The van der Waals surface area contributed by atoms with Crippen LogP contribution in [0, 0.1) is 0 Å². The topological polar surface area (TPSA) is 67.9 Å². The molecule has 1 aromatic rings. The van der Waals surface area contributed by atoms with E-state index in [-0.39, 0.29) is 17.9 Å². The average molecular weight is 381 g/mol. The van der Waals surface area contributed by atoms with Gasteiger partial charge in [-0.15, -0.1) is 0 Å². The smallest absolute Gasteiger partial charge is 0.253 e. The summed E-state index contributed by atoms with van der Waals surface area (Å²) in [6, 6.07) is 5.03. The summed E-state index contributed by atoms with van der Waals surface area (Å²) in [5, 5.41) is 3.41. The molecule has 2 heterocycles. The monoisotopic (exact) mass is 380 g/mol. The van der Waals surface area contributed by atoms with E-state index >= 15 is 0 Å². The molecule has 1 N–H and O–H groups in total. The molecule has 0 radical (unpaired) electrons. The SMILES string of the molecule is O=C(NCCCOCC1CCCO1)c1ccc(Cl)cc1N1CCCC1=O. The number of halogens is 1. The maximum absolute atomic E-state index is 12.5. The summed E-state index contributed by atoms with van der Waals surface area (Å²) in [4.78, 5) is 26.2. The second-order valence-electron chi connectivity index (χ2n) is 6.63. The second kappa shape index (κ2) is 9.35. The van der Waals surface area contributed by atoms with E-state index in [0.29, 0.717) is 49.0 Å². The van der Waals surface area contributed by atoms with Crippen LogP contribution in [0.25, 0.3) is 0 Å². The number of hydrogen-bond acceptors (Lipinski definition) is 4. The molecule has 2 aliphatic heterocycles. The van der Waals surface area contributed by atoms with Crippen LogP contribution < -0.4 is 10.2 Å². The fourth-order valence-electron chi connectivity index (χ4n) is 3.28. The molecule has 7 heteroatoms. The zero-order chi connectivity index (χ0) is 18.4. The Bertz CT molecular complexity index is 646. The van der Waals surface area contributed by atoms with Gasteiger partial charge in [0.15, 0.2) is 0 Å². The van der Waals surface area contributed by atoms with Crippen LogP contribution >= 0.6 is 11.6 Å². The Morgan fingerprint density at radius 2 is 2.27 bits per heavy atom. The number of rotatable bonds is 8. The van der Waals surface area contributed by atoms with Crippen molar-refractivity contribution in [3.63, 3.8) is 0 Å². The molecule has 0 spiro atoms. The number of nitrogens with one attached hydrogen (secondary N) is 1. The van der Waals surface area contributed by atoms with E-state index in [1.807, 2.05) is 0 Å². The minimum atomic E-state index is -0.199. The zero-order valence-corrected chi connectivity index (χ0v) is 15.6. The quantitative estimate of drug-likeness (QED) is 0.704. The number of amides is 2. The maximum atomic E-state index is 12.5. The Morgan fingerprint density at radius 3 is 3.00 bits per heavy atom. The average Bonchev–Trinajstić information content (AvgIpc) is 3.29. The Hall–Kier alpha value is -1.63. The Kier molecular flexibility index (Phi) is 6.88. The molecule has 1 unspecified atom stereocenters. The van der Waals surface area contributed by atoms with Crippen LogP contribution in [0.4, 0.5) is 5.69 Å². The molecule has 3 rings (SSSR count). The summed E-state index contributed by atoms with van der Waals surface area (Å²) >= 11 is 6.07. The van der Waals surface area contributed by atoms with Crippen molar-refractivity contribution in [3.8, 4) is 0 Å². The molecule has 2 saturated heterocycles. The van der Waals surface area contributed by atoms with Gasteiger partial charge in [0.25, 0.3) is 5.91 Å². The molecule has 0 aromatic heterocycles. The van der Waals surface area contributed by atoms with E-state index < -0.39 is 0 Å². The van der Waals surface area contributed by atoms with Gasteiger partial charge in [-0.2, -0.15) is 0 Å². The summed E-state index contributed by atoms with van der Waals surface area (Å²) in [5.74, 6) is -0.167. The van der Waals surface area contributed by atoms with Crippen molar-refractivity contribution in [1.82, 2.24) is 5.32 Å². The predicted molar refractivity (Wildman–Crippen MR) is 99.8 cm³/mol. The van der Waals surface area contributed by atoms with Gasteiger partial charge in [-0.3, -0.25) is 9.59 Å². The molecule has 0 aliphatic carbocycles. The molecule has 6 nitrogen and oxygen atoms in total. The maximum Gasteiger partial charge on any atom is 0.253 e. The van der Waals surface area contributed by atoms with Gasteiger partial charge in [-0.05, 0) is 43.9 Å². The fourth-order valence-corrected chi connectivity index (χ4v) is 3.45. The molecule has 1 atom stereocenters. The fraction of sp³-hybridized carbons (Fsp3) is 0.579. The van der Waals surface area contributed by atoms with E-state index in [2.05, 4.69) is 5.32 Å². The summed E-state index contributed by atoms with van der Waals surface area (Å²) in [5.41, 5.74) is 1.07. The van der Waals surface area contributed by atoms with E-state index in [1.54, 1.807) is 23.1 Å². The minimum absolute atomic E-state index is 0.0313. The van der Waals surface area contributed by atoms with Gasteiger partial charge >= 0.3 is 0 Å². The normalized spacial score (nSPS) is 20.0. The lowest BCUT2D eigenvalue weighted by atomic mass is 10.1. The van der Waals surface area contributed by atoms with E-state index in [4.69, 9.17) is 21.1 Å². The minimum Gasteiger partial charge on any atom is -0.379 e. The van der Waals surface area contributed by atoms with Gasteiger partial charge < -0.3 is 19.7 Å². The molecule has 142 valence electrons. The molecule has 2 amide bonds.